The Morgan fingerprint density at radius 3 is 2.53 bits per heavy atom. The maximum atomic E-state index is 5.43. The summed E-state index contributed by atoms with van der Waals surface area (Å²) in [5, 5.41) is 12.3. The average Bonchev–Trinajstić information content (AvgIpc) is 3.26. The second kappa shape index (κ2) is 9.33. The smallest absolute Gasteiger partial charge is 0.226 e. The number of nitrogens with zero attached hydrogens (tertiary/aromatic N) is 5. The van der Waals surface area contributed by atoms with E-state index in [4.69, 9.17) is 14.7 Å². The maximum Gasteiger partial charge on any atom is 0.226 e. The first-order valence-corrected chi connectivity index (χ1v) is 11.0. The summed E-state index contributed by atoms with van der Waals surface area (Å²) < 4.78 is 7.29. The molecule has 0 radical (unpaired) electrons. The van der Waals surface area contributed by atoms with Crippen LogP contribution in [0.2, 0.25) is 0 Å². The lowest BCUT2D eigenvalue weighted by atomic mass is 10.2. The number of morpholine rings is 1. The van der Waals surface area contributed by atoms with Gasteiger partial charge in [0.05, 0.1) is 30.5 Å². The normalized spacial score (nSPS) is 14.5. The Balaban J connectivity index is 1.45. The molecule has 8 heteroatoms. The van der Waals surface area contributed by atoms with Gasteiger partial charge in [-0.15, -0.1) is 0 Å². The minimum absolute atomic E-state index is 0.582. The van der Waals surface area contributed by atoms with Gasteiger partial charge in [-0.2, -0.15) is 15.1 Å². The van der Waals surface area contributed by atoms with E-state index in [1.807, 2.05) is 41.2 Å². The largest absolute Gasteiger partial charge is 0.379 e. The number of ether oxygens (including phenoxy) is 1. The average molecular weight is 430 g/mol. The van der Waals surface area contributed by atoms with Gasteiger partial charge in [-0.25, -0.2) is 4.68 Å². The highest BCUT2D eigenvalue weighted by molar-refractivity contribution is 5.90. The minimum atomic E-state index is 0.582. The number of aromatic nitrogens is 4. The molecule has 164 valence electrons. The zero-order valence-corrected chi connectivity index (χ0v) is 18.2. The number of para-hydroxylation sites is 1. The second-order valence-electron chi connectivity index (χ2n) is 7.90. The van der Waals surface area contributed by atoms with Crippen LogP contribution in [0.25, 0.3) is 16.7 Å². The molecule has 0 aliphatic carbocycles. The van der Waals surface area contributed by atoms with E-state index in [9.17, 15) is 0 Å². The first-order valence-electron chi connectivity index (χ1n) is 11.0. The van der Waals surface area contributed by atoms with E-state index < -0.39 is 0 Å². The van der Waals surface area contributed by atoms with Crippen LogP contribution in [-0.4, -0.2) is 64.0 Å². The summed E-state index contributed by atoms with van der Waals surface area (Å²) in [6.45, 7) is 7.27. The molecule has 0 bridgehead atoms. The number of rotatable bonds is 7. The summed E-state index contributed by atoms with van der Waals surface area (Å²) in [5.74, 6) is 1.31. The minimum Gasteiger partial charge on any atom is -0.379 e. The molecule has 0 saturated carbocycles. The van der Waals surface area contributed by atoms with Crippen molar-refractivity contribution in [3.8, 4) is 5.69 Å². The van der Waals surface area contributed by atoms with Gasteiger partial charge in [0, 0.05) is 31.9 Å². The van der Waals surface area contributed by atoms with Crippen LogP contribution >= 0.6 is 0 Å². The number of aryl methyl sites for hydroxylation is 1. The quantitative estimate of drug-likeness (QED) is 0.464. The second-order valence-corrected chi connectivity index (χ2v) is 7.90. The monoisotopic (exact) mass is 429 g/mol. The Kier molecular flexibility index (Phi) is 5.96. The van der Waals surface area contributed by atoms with Crippen molar-refractivity contribution in [2.75, 3.05) is 50.0 Å². The van der Waals surface area contributed by atoms with Crippen molar-refractivity contribution < 1.29 is 4.74 Å². The van der Waals surface area contributed by atoms with Gasteiger partial charge in [0.25, 0.3) is 0 Å². The van der Waals surface area contributed by atoms with Crippen LogP contribution in [-0.2, 0) is 4.74 Å². The molecule has 32 heavy (non-hydrogen) atoms. The molecule has 0 atom stereocenters. The van der Waals surface area contributed by atoms with E-state index in [-0.39, 0.29) is 0 Å². The highest BCUT2D eigenvalue weighted by atomic mass is 16.5. The number of anilines is 3. The molecule has 2 N–H and O–H groups in total. The molecule has 1 aliphatic rings. The van der Waals surface area contributed by atoms with E-state index in [1.165, 1.54) is 5.56 Å². The Labute approximate surface area is 187 Å². The van der Waals surface area contributed by atoms with Crippen molar-refractivity contribution >= 4 is 28.5 Å². The van der Waals surface area contributed by atoms with Gasteiger partial charge in [0.2, 0.25) is 5.95 Å². The highest BCUT2D eigenvalue weighted by Crippen LogP contribution is 2.27. The van der Waals surface area contributed by atoms with Crippen LogP contribution in [0.1, 0.15) is 5.56 Å². The van der Waals surface area contributed by atoms with Gasteiger partial charge in [0.1, 0.15) is 5.82 Å². The topological polar surface area (TPSA) is 80.1 Å². The number of hydrogen-bond donors (Lipinski definition) is 2. The van der Waals surface area contributed by atoms with Crippen molar-refractivity contribution in [2.24, 2.45) is 0 Å². The molecule has 1 fully saturated rings. The molecule has 8 nitrogen and oxygen atoms in total. The van der Waals surface area contributed by atoms with Crippen LogP contribution in [0.15, 0.2) is 60.8 Å². The van der Waals surface area contributed by atoms with Crippen LogP contribution in [0.4, 0.5) is 17.5 Å². The highest BCUT2D eigenvalue weighted by Gasteiger charge is 2.15. The number of benzene rings is 2. The Hall–Kier alpha value is -3.49. The standard InChI is InChI=1S/C24H27N7O/c1-18-7-9-19(10-8-18)27-22-21-17-26-31(20-5-3-2-4-6-20)23(21)29-24(28-22)25-11-12-30-13-15-32-16-14-30/h2-10,17H,11-16H2,1H3,(H2,25,27,28,29). The van der Waals surface area contributed by atoms with Crippen molar-refractivity contribution in [3.05, 3.63) is 66.4 Å². The fourth-order valence-electron chi connectivity index (χ4n) is 3.76. The summed E-state index contributed by atoms with van der Waals surface area (Å²) in [6, 6.07) is 18.3. The third-order valence-electron chi connectivity index (χ3n) is 5.56. The van der Waals surface area contributed by atoms with E-state index in [2.05, 4.69) is 51.8 Å². The van der Waals surface area contributed by atoms with E-state index in [0.717, 1.165) is 67.6 Å². The lowest BCUT2D eigenvalue weighted by Crippen LogP contribution is -2.39. The Bertz CT molecular complexity index is 1170. The molecular formula is C24H27N7O. The number of hydrogen-bond acceptors (Lipinski definition) is 7. The summed E-state index contributed by atoms with van der Waals surface area (Å²) in [7, 11) is 0. The molecule has 2 aromatic carbocycles. The molecule has 2 aromatic heterocycles. The fourth-order valence-corrected chi connectivity index (χ4v) is 3.76. The SMILES string of the molecule is Cc1ccc(Nc2nc(NCCN3CCOCC3)nc3c2cnn3-c2ccccc2)cc1. The lowest BCUT2D eigenvalue weighted by molar-refractivity contribution is 0.0398. The third kappa shape index (κ3) is 4.56. The predicted molar refractivity (Wildman–Crippen MR) is 127 cm³/mol. The van der Waals surface area contributed by atoms with Gasteiger partial charge in [-0.05, 0) is 31.2 Å². The Morgan fingerprint density at radius 1 is 0.969 bits per heavy atom. The molecule has 1 aliphatic heterocycles. The molecule has 1 saturated heterocycles. The van der Waals surface area contributed by atoms with Crippen LogP contribution in [0.3, 0.4) is 0 Å². The molecular weight excluding hydrogens is 402 g/mol. The van der Waals surface area contributed by atoms with E-state index in [0.29, 0.717) is 5.95 Å². The molecule has 0 amide bonds. The van der Waals surface area contributed by atoms with Crippen molar-refractivity contribution in [3.63, 3.8) is 0 Å². The van der Waals surface area contributed by atoms with Gasteiger partial charge in [-0.1, -0.05) is 35.9 Å². The van der Waals surface area contributed by atoms with Gasteiger partial charge >= 0.3 is 0 Å². The summed E-state index contributed by atoms with van der Waals surface area (Å²) in [4.78, 5) is 12.0. The molecule has 0 spiro atoms. The number of fused-ring (bicyclic) bond motifs is 1. The lowest BCUT2D eigenvalue weighted by Gasteiger charge is -2.26. The van der Waals surface area contributed by atoms with E-state index in [1.54, 1.807) is 0 Å². The van der Waals surface area contributed by atoms with Crippen LogP contribution in [0, 0.1) is 6.92 Å². The maximum absolute atomic E-state index is 5.43. The van der Waals surface area contributed by atoms with Crippen LogP contribution < -0.4 is 10.6 Å². The van der Waals surface area contributed by atoms with Gasteiger partial charge < -0.3 is 15.4 Å². The van der Waals surface area contributed by atoms with Crippen molar-refractivity contribution in [2.45, 2.75) is 6.92 Å². The van der Waals surface area contributed by atoms with Crippen molar-refractivity contribution in [1.29, 1.82) is 0 Å². The van der Waals surface area contributed by atoms with Crippen LogP contribution in [0.5, 0.6) is 0 Å². The molecule has 4 aromatic rings. The summed E-state index contributed by atoms with van der Waals surface area (Å²) >= 11 is 0. The zero-order valence-electron chi connectivity index (χ0n) is 18.2. The van der Waals surface area contributed by atoms with Gasteiger partial charge in [0.15, 0.2) is 5.65 Å². The predicted octanol–water partition coefficient (Wildman–Crippen LogP) is 3.61. The third-order valence-corrected chi connectivity index (χ3v) is 5.56. The van der Waals surface area contributed by atoms with Crippen molar-refractivity contribution in [1.82, 2.24) is 24.6 Å². The number of nitrogens with one attached hydrogen (secondary N) is 2. The summed E-state index contributed by atoms with van der Waals surface area (Å²) in [6.07, 6.45) is 1.82. The molecule has 0 unspecified atom stereocenters. The first-order chi connectivity index (χ1) is 15.8. The summed E-state index contributed by atoms with van der Waals surface area (Å²) in [5.41, 5.74) is 3.91. The zero-order chi connectivity index (χ0) is 21.8. The fraction of sp³-hybridized carbons (Fsp3) is 0.292. The molecule has 3 heterocycles. The van der Waals surface area contributed by atoms with Gasteiger partial charge in [-0.3, -0.25) is 4.90 Å². The molecule has 5 rings (SSSR count). The van der Waals surface area contributed by atoms with E-state index >= 15 is 0 Å². The Morgan fingerprint density at radius 2 is 1.75 bits per heavy atom. The first kappa shape index (κ1) is 20.4.